The average molecular weight is 416 g/mol. The number of aryl methyl sites for hydroxylation is 3. The maximum Gasteiger partial charge on any atom is 0.259 e. The lowest BCUT2D eigenvalue weighted by atomic mass is 10.0. The first kappa shape index (κ1) is 20.6. The summed E-state index contributed by atoms with van der Waals surface area (Å²) < 4.78 is 0. The van der Waals surface area contributed by atoms with Crippen LogP contribution in [0.2, 0.25) is 0 Å². The van der Waals surface area contributed by atoms with Gasteiger partial charge in [0.1, 0.15) is 10.7 Å². The van der Waals surface area contributed by atoms with Gasteiger partial charge in [0, 0.05) is 4.88 Å². The summed E-state index contributed by atoms with van der Waals surface area (Å²) in [7, 11) is 0. The van der Waals surface area contributed by atoms with Crippen molar-refractivity contribution in [2.45, 2.75) is 45.9 Å². The van der Waals surface area contributed by atoms with E-state index in [9.17, 15) is 9.59 Å². The third kappa shape index (κ3) is 4.31. The van der Waals surface area contributed by atoms with Gasteiger partial charge in [-0.05, 0) is 51.3 Å². The van der Waals surface area contributed by atoms with Gasteiger partial charge in [0.2, 0.25) is 5.91 Å². The number of hydrogen-bond donors (Lipinski definition) is 2. The summed E-state index contributed by atoms with van der Waals surface area (Å²) >= 11 is 3.00. The highest BCUT2D eigenvalue weighted by molar-refractivity contribution is 8.00. The molecule has 28 heavy (non-hydrogen) atoms. The van der Waals surface area contributed by atoms with Crippen molar-refractivity contribution >= 4 is 39.2 Å². The third-order valence-corrected chi connectivity index (χ3v) is 7.19. The number of aromatic nitrogens is 2. The lowest BCUT2D eigenvalue weighted by Crippen LogP contribution is -2.29. The predicted molar refractivity (Wildman–Crippen MR) is 118 cm³/mol. The summed E-state index contributed by atoms with van der Waals surface area (Å²) in [5.74, 6) is 0.893. The molecule has 3 rings (SSSR count). The van der Waals surface area contributed by atoms with Crippen LogP contribution in [0.25, 0.3) is 10.2 Å². The molecule has 0 bridgehead atoms. The number of hydrogen-bond acceptors (Lipinski definition) is 5. The zero-order chi connectivity index (χ0) is 20.4. The molecule has 0 saturated heterocycles. The molecule has 2 N–H and O–H groups in total. The fraction of sp³-hybridized carbons (Fsp3) is 0.381. The molecule has 7 heteroatoms. The Labute approximate surface area is 173 Å². The summed E-state index contributed by atoms with van der Waals surface area (Å²) in [5, 5.41) is 3.64. The highest BCUT2D eigenvalue weighted by Gasteiger charge is 2.17. The molecule has 2 aromatic heterocycles. The number of amides is 1. The Kier molecular flexibility index (Phi) is 6.25. The first-order valence-electron chi connectivity index (χ1n) is 9.24. The van der Waals surface area contributed by atoms with Crippen molar-refractivity contribution in [1.82, 2.24) is 15.3 Å². The molecular formula is C21H25N3O2S2. The Morgan fingerprint density at radius 2 is 1.96 bits per heavy atom. The van der Waals surface area contributed by atoms with Crippen LogP contribution in [0.15, 0.2) is 29.1 Å². The Morgan fingerprint density at radius 3 is 2.68 bits per heavy atom. The SMILES string of the molecule is Cc1ccccc1C(C)NC(=O)CSC(C)c1nc2sc(C)c(C)c2c(=O)[nH]1. The van der Waals surface area contributed by atoms with Crippen molar-refractivity contribution < 1.29 is 4.79 Å². The van der Waals surface area contributed by atoms with Crippen molar-refractivity contribution in [3.63, 3.8) is 0 Å². The van der Waals surface area contributed by atoms with E-state index in [1.54, 1.807) is 0 Å². The Morgan fingerprint density at radius 1 is 1.25 bits per heavy atom. The summed E-state index contributed by atoms with van der Waals surface area (Å²) in [5.41, 5.74) is 3.17. The van der Waals surface area contributed by atoms with Gasteiger partial charge >= 0.3 is 0 Å². The largest absolute Gasteiger partial charge is 0.349 e. The van der Waals surface area contributed by atoms with E-state index < -0.39 is 0 Å². The molecule has 0 aliphatic heterocycles. The van der Waals surface area contributed by atoms with Gasteiger partial charge in [-0.3, -0.25) is 9.59 Å². The number of rotatable bonds is 6. The normalized spacial score (nSPS) is 13.5. The number of nitrogens with zero attached hydrogens (tertiary/aromatic N) is 1. The highest BCUT2D eigenvalue weighted by atomic mass is 32.2. The molecule has 1 amide bonds. The van der Waals surface area contributed by atoms with E-state index in [4.69, 9.17) is 0 Å². The van der Waals surface area contributed by atoms with Gasteiger partial charge in [0.05, 0.1) is 22.4 Å². The molecule has 2 atom stereocenters. The van der Waals surface area contributed by atoms with Crippen LogP contribution in [0.5, 0.6) is 0 Å². The van der Waals surface area contributed by atoms with Crippen molar-refractivity contribution in [2.24, 2.45) is 0 Å². The van der Waals surface area contributed by atoms with Gasteiger partial charge in [-0.2, -0.15) is 0 Å². The molecule has 0 fully saturated rings. The fourth-order valence-electron chi connectivity index (χ4n) is 3.18. The number of H-pyrrole nitrogens is 1. The summed E-state index contributed by atoms with van der Waals surface area (Å²) in [6.07, 6.45) is 0. The van der Waals surface area contributed by atoms with E-state index in [1.807, 2.05) is 58.9 Å². The second kappa shape index (κ2) is 8.49. The van der Waals surface area contributed by atoms with Crippen LogP contribution in [0.4, 0.5) is 0 Å². The monoisotopic (exact) mass is 415 g/mol. The molecule has 0 spiro atoms. The maximum absolute atomic E-state index is 12.4. The lowest BCUT2D eigenvalue weighted by molar-refractivity contribution is -0.119. The molecule has 148 valence electrons. The van der Waals surface area contributed by atoms with E-state index in [0.29, 0.717) is 17.0 Å². The number of carbonyl (C=O) groups is 1. The van der Waals surface area contributed by atoms with E-state index in [-0.39, 0.29) is 22.8 Å². The summed E-state index contributed by atoms with van der Waals surface area (Å²) in [4.78, 5) is 34.2. The number of aromatic amines is 1. The standard InChI is InChI=1S/C21H25N3O2S2/c1-11-8-6-7-9-16(11)13(3)22-17(25)10-27-15(5)19-23-20(26)18-12(2)14(4)28-21(18)24-19/h6-9,13,15H,10H2,1-5H3,(H,22,25)(H,23,24,26). The quantitative estimate of drug-likeness (QED) is 0.618. The molecule has 0 aliphatic rings. The van der Waals surface area contributed by atoms with E-state index in [1.165, 1.54) is 23.1 Å². The van der Waals surface area contributed by atoms with Crippen LogP contribution in [0.1, 0.15) is 52.5 Å². The summed E-state index contributed by atoms with van der Waals surface area (Å²) in [6.45, 7) is 9.94. The molecular weight excluding hydrogens is 390 g/mol. The average Bonchev–Trinajstić information content (AvgIpc) is 2.94. The first-order valence-corrected chi connectivity index (χ1v) is 11.1. The second-order valence-corrected chi connectivity index (χ2v) is 9.55. The topological polar surface area (TPSA) is 74.8 Å². The number of benzene rings is 1. The van der Waals surface area contributed by atoms with Crippen LogP contribution in [-0.2, 0) is 4.79 Å². The van der Waals surface area contributed by atoms with Gasteiger partial charge < -0.3 is 10.3 Å². The van der Waals surface area contributed by atoms with Gasteiger partial charge in [-0.15, -0.1) is 23.1 Å². The number of carbonyl (C=O) groups excluding carboxylic acids is 1. The van der Waals surface area contributed by atoms with E-state index in [2.05, 4.69) is 15.3 Å². The zero-order valence-corrected chi connectivity index (χ0v) is 18.4. The number of fused-ring (bicyclic) bond motifs is 1. The molecule has 0 aliphatic carbocycles. The number of nitrogens with one attached hydrogen (secondary N) is 2. The fourth-order valence-corrected chi connectivity index (χ4v) is 4.97. The van der Waals surface area contributed by atoms with Gasteiger partial charge in [0.25, 0.3) is 5.56 Å². The van der Waals surface area contributed by atoms with Crippen LogP contribution in [0, 0.1) is 20.8 Å². The minimum absolute atomic E-state index is 0.0289. The number of thiophene rings is 1. The van der Waals surface area contributed by atoms with Crippen LogP contribution >= 0.6 is 23.1 Å². The lowest BCUT2D eigenvalue weighted by Gasteiger charge is -2.17. The molecule has 1 aromatic carbocycles. The van der Waals surface area contributed by atoms with Crippen LogP contribution in [-0.4, -0.2) is 21.6 Å². The van der Waals surface area contributed by atoms with Crippen molar-refractivity contribution in [3.05, 3.63) is 62.0 Å². The van der Waals surface area contributed by atoms with Crippen molar-refractivity contribution in [2.75, 3.05) is 5.75 Å². The van der Waals surface area contributed by atoms with Crippen molar-refractivity contribution in [1.29, 1.82) is 0 Å². The summed E-state index contributed by atoms with van der Waals surface area (Å²) in [6, 6.07) is 8.00. The third-order valence-electron chi connectivity index (χ3n) is 4.94. The minimum atomic E-state index is -0.105. The van der Waals surface area contributed by atoms with Gasteiger partial charge in [-0.25, -0.2) is 4.98 Å². The molecule has 2 unspecified atom stereocenters. The molecule has 2 heterocycles. The maximum atomic E-state index is 12.4. The molecule has 0 saturated carbocycles. The molecule has 0 radical (unpaired) electrons. The van der Waals surface area contributed by atoms with Crippen LogP contribution in [0.3, 0.4) is 0 Å². The van der Waals surface area contributed by atoms with Crippen molar-refractivity contribution in [3.8, 4) is 0 Å². The van der Waals surface area contributed by atoms with E-state index in [0.717, 1.165) is 26.4 Å². The van der Waals surface area contributed by atoms with Crippen LogP contribution < -0.4 is 10.9 Å². The first-order chi connectivity index (χ1) is 13.3. The smallest absolute Gasteiger partial charge is 0.259 e. The van der Waals surface area contributed by atoms with Gasteiger partial charge in [0.15, 0.2) is 0 Å². The van der Waals surface area contributed by atoms with E-state index >= 15 is 0 Å². The highest BCUT2D eigenvalue weighted by Crippen LogP contribution is 2.30. The Bertz CT molecular complexity index is 1070. The Hall–Kier alpha value is -2.12. The minimum Gasteiger partial charge on any atom is -0.349 e. The van der Waals surface area contributed by atoms with Gasteiger partial charge in [-0.1, -0.05) is 24.3 Å². The second-order valence-electron chi connectivity index (χ2n) is 7.01. The Balaban J connectivity index is 1.64. The molecule has 5 nitrogen and oxygen atoms in total. The number of thioether (sulfide) groups is 1. The molecule has 3 aromatic rings. The predicted octanol–water partition coefficient (Wildman–Crippen LogP) is 4.58. The zero-order valence-electron chi connectivity index (χ0n) is 16.8.